The number of hydrogen-bond donors (Lipinski definition) is 2. The number of rotatable bonds is 5. The lowest BCUT2D eigenvalue weighted by molar-refractivity contribution is 0.579. The van der Waals surface area contributed by atoms with Crippen molar-refractivity contribution >= 4 is 20.0 Å². The number of primary sulfonamides is 1. The summed E-state index contributed by atoms with van der Waals surface area (Å²) in [6, 6.07) is 5.78. The molecule has 0 aromatic heterocycles. The molecule has 2 aromatic rings. The van der Waals surface area contributed by atoms with Crippen molar-refractivity contribution in [2.45, 2.75) is 51.0 Å². The predicted molar refractivity (Wildman–Crippen MR) is 102 cm³/mol. The van der Waals surface area contributed by atoms with E-state index < -0.39 is 20.0 Å². The van der Waals surface area contributed by atoms with Crippen LogP contribution < -0.4 is 9.86 Å². The van der Waals surface area contributed by atoms with Gasteiger partial charge >= 0.3 is 0 Å². The standard InChI is InChI=1S/C18H24N2O4S2/c1-11-12(2)14(4)18(15(5)13(11)3)26(23,24)20-10-16-6-8-17(9-7-16)25(19,21)22/h6-9,20H,10H2,1-5H3,(H2,19,21,22). The first-order valence-corrected chi connectivity index (χ1v) is 11.1. The van der Waals surface area contributed by atoms with Gasteiger partial charge in [-0.3, -0.25) is 0 Å². The quantitative estimate of drug-likeness (QED) is 0.809. The highest BCUT2D eigenvalue weighted by molar-refractivity contribution is 7.89. The molecule has 0 radical (unpaired) electrons. The highest BCUT2D eigenvalue weighted by Gasteiger charge is 2.23. The van der Waals surface area contributed by atoms with Gasteiger partial charge in [-0.1, -0.05) is 12.1 Å². The Balaban J connectivity index is 2.33. The third-order valence-corrected chi connectivity index (χ3v) is 7.52. The maximum Gasteiger partial charge on any atom is 0.241 e. The van der Waals surface area contributed by atoms with Gasteiger partial charge in [-0.05, 0) is 80.1 Å². The molecule has 0 bridgehead atoms. The van der Waals surface area contributed by atoms with Crippen molar-refractivity contribution in [2.75, 3.05) is 0 Å². The van der Waals surface area contributed by atoms with Crippen molar-refractivity contribution in [2.24, 2.45) is 5.14 Å². The molecule has 0 amide bonds. The van der Waals surface area contributed by atoms with Crippen LogP contribution in [0, 0.1) is 34.6 Å². The molecular formula is C18H24N2O4S2. The van der Waals surface area contributed by atoms with E-state index in [2.05, 4.69) is 4.72 Å². The largest absolute Gasteiger partial charge is 0.241 e. The molecular weight excluding hydrogens is 372 g/mol. The van der Waals surface area contributed by atoms with Crippen LogP contribution in [-0.4, -0.2) is 16.8 Å². The van der Waals surface area contributed by atoms with Crippen LogP contribution in [0.2, 0.25) is 0 Å². The lowest BCUT2D eigenvalue weighted by Crippen LogP contribution is -2.25. The summed E-state index contributed by atoms with van der Waals surface area (Å²) in [5, 5.41) is 5.06. The molecule has 0 aliphatic carbocycles. The maximum absolute atomic E-state index is 12.9. The van der Waals surface area contributed by atoms with Gasteiger partial charge in [-0.2, -0.15) is 0 Å². The third kappa shape index (κ3) is 3.98. The normalized spacial score (nSPS) is 12.4. The summed E-state index contributed by atoms with van der Waals surface area (Å²) in [6.45, 7) is 9.50. The Morgan fingerprint density at radius 2 is 1.19 bits per heavy atom. The summed E-state index contributed by atoms with van der Waals surface area (Å²) in [7, 11) is -7.48. The summed E-state index contributed by atoms with van der Waals surface area (Å²) in [6.07, 6.45) is 0. The predicted octanol–water partition coefficient (Wildman–Crippen LogP) is 2.35. The van der Waals surface area contributed by atoms with Crippen LogP contribution in [0.25, 0.3) is 0 Å². The molecule has 142 valence electrons. The van der Waals surface area contributed by atoms with Crippen molar-refractivity contribution in [3.63, 3.8) is 0 Å². The molecule has 0 unspecified atom stereocenters. The molecule has 0 fully saturated rings. The topological polar surface area (TPSA) is 106 Å². The third-order valence-electron chi connectivity index (χ3n) is 4.92. The first kappa shape index (κ1) is 20.6. The van der Waals surface area contributed by atoms with Gasteiger partial charge in [0.05, 0.1) is 9.79 Å². The van der Waals surface area contributed by atoms with Gasteiger partial charge in [0.25, 0.3) is 0 Å². The Labute approximate surface area is 155 Å². The van der Waals surface area contributed by atoms with Crippen molar-refractivity contribution in [1.29, 1.82) is 0 Å². The zero-order valence-electron chi connectivity index (χ0n) is 15.5. The van der Waals surface area contributed by atoms with Crippen molar-refractivity contribution in [3.05, 3.63) is 57.6 Å². The molecule has 3 N–H and O–H groups in total. The molecule has 0 aliphatic heterocycles. The number of nitrogens with two attached hydrogens (primary N) is 1. The zero-order chi connectivity index (χ0) is 19.9. The van der Waals surface area contributed by atoms with E-state index in [9.17, 15) is 16.8 Å². The Kier molecular flexibility index (Phi) is 5.63. The van der Waals surface area contributed by atoms with E-state index in [0.29, 0.717) is 10.5 Å². The number of nitrogens with one attached hydrogen (secondary N) is 1. The first-order valence-electron chi connectivity index (χ1n) is 8.04. The van der Waals surface area contributed by atoms with Crippen molar-refractivity contribution < 1.29 is 16.8 Å². The molecule has 2 aromatic carbocycles. The fraction of sp³-hybridized carbons (Fsp3) is 0.333. The summed E-state index contributed by atoms with van der Waals surface area (Å²) >= 11 is 0. The molecule has 0 aliphatic rings. The van der Waals surface area contributed by atoms with Crippen LogP contribution in [0.4, 0.5) is 0 Å². The summed E-state index contributed by atoms with van der Waals surface area (Å²) in [5.41, 5.74) is 5.14. The average molecular weight is 397 g/mol. The van der Waals surface area contributed by atoms with E-state index >= 15 is 0 Å². The second-order valence-corrected chi connectivity index (χ2v) is 9.73. The number of sulfonamides is 2. The summed E-state index contributed by atoms with van der Waals surface area (Å²) in [4.78, 5) is 0.292. The Morgan fingerprint density at radius 1 is 0.769 bits per heavy atom. The molecule has 0 atom stereocenters. The van der Waals surface area contributed by atoms with E-state index in [0.717, 1.165) is 27.8 Å². The molecule has 0 spiro atoms. The molecule has 0 heterocycles. The fourth-order valence-corrected chi connectivity index (χ4v) is 5.05. The van der Waals surface area contributed by atoms with Crippen LogP contribution >= 0.6 is 0 Å². The number of benzene rings is 2. The summed E-state index contributed by atoms with van der Waals surface area (Å²) < 4.78 is 50.9. The zero-order valence-corrected chi connectivity index (χ0v) is 17.2. The Hall–Kier alpha value is -1.74. The fourth-order valence-electron chi connectivity index (χ4n) is 2.92. The minimum Gasteiger partial charge on any atom is -0.225 e. The monoisotopic (exact) mass is 396 g/mol. The molecule has 6 nitrogen and oxygen atoms in total. The molecule has 0 saturated carbocycles. The second kappa shape index (κ2) is 7.11. The van der Waals surface area contributed by atoms with E-state index in [4.69, 9.17) is 5.14 Å². The molecule has 26 heavy (non-hydrogen) atoms. The van der Waals surface area contributed by atoms with E-state index in [-0.39, 0.29) is 11.4 Å². The van der Waals surface area contributed by atoms with Gasteiger partial charge < -0.3 is 0 Å². The first-order chi connectivity index (χ1) is 11.9. The molecule has 2 rings (SSSR count). The van der Waals surface area contributed by atoms with Gasteiger partial charge in [-0.25, -0.2) is 26.7 Å². The van der Waals surface area contributed by atoms with Crippen LogP contribution in [0.3, 0.4) is 0 Å². The van der Waals surface area contributed by atoms with Crippen LogP contribution in [0.5, 0.6) is 0 Å². The van der Waals surface area contributed by atoms with E-state index in [1.54, 1.807) is 0 Å². The second-order valence-electron chi connectivity index (χ2n) is 6.47. The minimum absolute atomic E-state index is 0.0134. The SMILES string of the molecule is Cc1c(C)c(C)c(S(=O)(=O)NCc2ccc(S(N)(=O)=O)cc2)c(C)c1C. The van der Waals surface area contributed by atoms with Crippen molar-refractivity contribution in [1.82, 2.24) is 4.72 Å². The van der Waals surface area contributed by atoms with Crippen LogP contribution in [0.1, 0.15) is 33.4 Å². The smallest absolute Gasteiger partial charge is 0.225 e. The highest BCUT2D eigenvalue weighted by Crippen LogP contribution is 2.29. The maximum atomic E-state index is 12.9. The average Bonchev–Trinajstić information content (AvgIpc) is 2.56. The molecule has 8 heteroatoms. The van der Waals surface area contributed by atoms with Crippen LogP contribution in [-0.2, 0) is 26.6 Å². The van der Waals surface area contributed by atoms with Gasteiger partial charge in [0.15, 0.2) is 0 Å². The highest BCUT2D eigenvalue weighted by atomic mass is 32.2. The lowest BCUT2D eigenvalue weighted by atomic mass is 9.95. The van der Waals surface area contributed by atoms with E-state index in [1.807, 2.05) is 34.6 Å². The molecule has 0 saturated heterocycles. The van der Waals surface area contributed by atoms with Gasteiger partial charge in [0, 0.05) is 6.54 Å². The lowest BCUT2D eigenvalue weighted by Gasteiger charge is -2.19. The summed E-state index contributed by atoms with van der Waals surface area (Å²) in [5.74, 6) is 0. The van der Waals surface area contributed by atoms with Crippen molar-refractivity contribution in [3.8, 4) is 0 Å². The Bertz CT molecular complexity index is 1030. The van der Waals surface area contributed by atoms with Crippen LogP contribution in [0.15, 0.2) is 34.1 Å². The van der Waals surface area contributed by atoms with E-state index in [1.165, 1.54) is 24.3 Å². The van der Waals surface area contributed by atoms with Gasteiger partial charge in [0.1, 0.15) is 0 Å². The minimum atomic E-state index is -3.77. The Morgan fingerprint density at radius 3 is 1.62 bits per heavy atom. The van der Waals surface area contributed by atoms with Gasteiger partial charge in [0.2, 0.25) is 20.0 Å². The van der Waals surface area contributed by atoms with Gasteiger partial charge in [-0.15, -0.1) is 0 Å². The number of hydrogen-bond acceptors (Lipinski definition) is 4.